The van der Waals surface area contributed by atoms with E-state index in [0.29, 0.717) is 12.2 Å². The van der Waals surface area contributed by atoms with Crippen molar-refractivity contribution in [2.75, 3.05) is 19.6 Å². The molecule has 1 aliphatic heterocycles. The van der Waals surface area contributed by atoms with E-state index in [0.717, 1.165) is 25.8 Å². The standard InChI is InChI=1S/C11H17NO.C4H4O4/c1-2-7-12-8-5-11(6-9-12)4-3-10-13;5-3(6)1-2-4(7)8/h3-5,10H,2,6-9H2,1H3;1-2H,(H,5,6)(H,7,8)/b;2-1-. The number of rotatable bonds is 6. The van der Waals surface area contributed by atoms with Gasteiger partial charge < -0.3 is 10.2 Å². The molecule has 0 aromatic carbocycles. The number of carbonyl (C=O) groups is 3. The van der Waals surface area contributed by atoms with Gasteiger partial charge in [-0.2, -0.15) is 0 Å². The second-order valence-corrected chi connectivity index (χ2v) is 4.33. The molecular weight excluding hydrogens is 274 g/mol. The number of carboxylic acid groups (broad SMARTS) is 2. The fourth-order valence-corrected chi connectivity index (χ4v) is 1.70. The lowest BCUT2D eigenvalue weighted by molar-refractivity contribution is -0.134. The van der Waals surface area contributed by atoms with Crippen molar-refractivity contribution in [3.8, 4) is 0 Å². The summed E-state index contributed by atoms with van der Waals surface area (Å²) in [6, 6.07) is 0. The Kier molecular flexibility index (Phi) is 10.4. The monoisotopic (exact) mass is 295 g/mol. The van der Waals surface area contributed by atoms with Crippen molar-refractivity contribution in [1.82, 2.24) is 4.90 Å². The van der Waals surface area contributed by atoms with Gasteiger partial charge in [0.25, 0.3) is 0 Å². The molecule has 1 aliphatic rings. The lowest BCUT2D eigenvalue weighted by Gasteiger charge is -2.24. The molecule has 0 aromatic rings. The number of aliphatic carboxylic acids is 2. The summed E-state index contributed by atoms with van der Waals surface area (Å²) in [7, 11) is 0. The van der Waals surface area contributed by atoms with E-state index >= 15 is 0 Å². The van der Waals surface area contributed by atoms with Crippen LogP contribution in [0.25, 0.3) is 0 Å². The van der Waals surface area contributed by atoms with Gasteiger partial charge in [-0.25, -0.2) is 9.59 Å². The lowest BCUT2D eigenvalue weighted by atomic mass is 10.1. The highest BCUT2D eigenvalue weighted by Crippen LogP contribution is 2.11. The maximum Gasteiger partial charge on any atom is 0.328 e. The van der Waals surface area contributed by atoms with Crippen molar-refractivity contribution in [2.24, 2.45) is 0 Å². The predicted molar refractivity (Wildman–Crippen MR) is 79.0 cm³/mol. The van der Waals surface area contributed by atoms with Crippen LogP contribution < -0.4 is 0 Å². The van der Waals surface area contributed by atoms with Crippen molar-refractivity contribution in [3.05, 3.63) is 36.0 Å². The van der Waals surface area contributed by atoms with Gasteiger partial charge in [0, 0.05) is 25.2 Å². The van der Waals surface area contributed by atoms with Gasteiger partial charge in [-0.3, -0.25) is 9.69 Å². The van der Waals surface area contributed by atoms with Crippen LogP contribution in [0.15, 0.2) is 36.0 Å². The summed E-state index contributed by atoms with van der Waals surface area (Å²) in [5.41, 5.74) is 1.29. The van der Waals surface area contributed by atoms with Crippen LogP contribution >= 0.6 is 0 Å². The van der Waals surface area contributed by atoms with Crippen LogP contribution in [-0.2, 0) is 14.4 Å². The minimum Gasteiger partial charge on any atom is -0.478 e. The SMILES string of the molecule is CCCN1CC=C(C=CC=O)CC1.O=C(O)/C=C\C(=O)O. The van der Waals surface area contributed by atoms with Crippen molar-refractivity contribution in [1.29, 1.82) is 0 Å². The van der Waals surface area contributed by atoms with E-state index < -0.39 is 11.9 Å². The van der Waals surface area contributed by atoms with Gasteiger partial charge in [-0.1, -0.05) is 19.1 Å². The summed E-state index contributed by atoms with van der Waals surface area (Å²) in [5.74, 6) is -2.51. The van der Waals surface area contributed by atoms with E-state index in [1.807, 2.05) is 6.08 Å². The van der Waals surface area contributed by atoms with Crippen molar-refractivity contribution < 1.29 is 24.6 Å². The van der Waals surface area contributed by atoms with Crippen LogP contribution in [0.2, 0.25) is 0 Å². The molecule has 6 heteroatoms. The van der Waals surface area contributed by atoms with Crippen molar-refractivity contribution in [3.63, 3.8) is 0 Å². The van der Waals surface area contributed by atoms with Crippen molar-refractivity contribution >= 4 is 18.2 Å². The molecule has 0 unspecified atom stereocenters. The number of allylic oxidation sites excluding steroid dienone is 2. The normalized spacial score (nSPS) is 15.4. The molecule has 0 fully saturated rings. The van der Waals surface area contributed by atoms with Crippen LogP contribution in [0.4, 0.5) is 0 Å². The highest BCUT2D eigenvalue weighted by Gasteiger charge is 2.07. The fourth-order valence-electron chi connectivity index (χ4n) is 1.70. The average Bonchev–Trinajstić information content (AvgIpc) is 2.45. The third-order valence-corrected chi connectivity index (χ3v) is 2.63. The summed E-state index contributed by atoms with van der Waals surface area (Å²) in [6.45, 7) is 5.54. The summed E-state index contributed by atoms with van der Waals surface area (Å²) < 4.78 is 0. The Morgan fingerprint density at radius 3 is 2.29 bits per heavy atom. The van der Waals surface area contributed by atoms with E-state index in [2.05, 4.69) is 17.9 Å². The Bertz CT molecular complexity index is 421. The van der Waals surface area contributed by atoms with Gasteiger partial charge in [-0.15, -0.1) is 0 Å². The topological polar surface area (TPSA) is 94.9 Å². The largest absolute Gasteiger partial charge is 0.478 e. The fraction of sp³-hybridized carbons (Fsp3) is 0.400. The molecule has 0 saturated carbocycles. The second-order valence-electron chi connectivity index (χ2n) is 4.33. The predicted octanol–water partition coefficient (Wildman–Crippen LogP) is 1.50. The first-order chi connectivity index (χ1) is 9.99. The van der Waals surface area contributed by atoms with Gasteiger partial charge in [0.1, 0.15) is 6.29 Å². The average molecular weight is 295 g/mol. The Morgan fingerprint density at radius 1 is 1.29 bits per heavy atom. The zero-order valence-corrected chi connectivity index (χ0v) is 12.1. The molecule has 0 bridgehead atoms. The van der Waals surface area contributed by atoms with Crippen LogP contribution in [0.1, 0.15) is 19.8 Å². The Balaban J connectivity index is 0.000000433. The van der Waals surface area contributed by atoms with E-state index in [-0.39, 0.29) is 0 Å². The first-order valence-electron chi connectivity index (χ1n) is 6.66. The van der Waals surface area contributed by atoms with Crippen LogP contribution in [0.5, 0.6) is 0 Å². The Labute approximate surface area is 124 Å². The first-order valence-corrected chi connectivity index (χ1v) is 6.66. The molecule has 21 heavy (non-hydrogen) atoms. The number of hydrogen-bond acceptors (Lipinski definition) is 4. The van der Waals surface area contributed by atoms with Crippen LogP contribution in [-0.4, -0.2) is 53.0 Å². The minimum absolute atomic E-state index is 0.558. The molecule has 2 N–H and O–H groups in total. The molecule has 0 spiro atoms. The molecule has 116 valence electrons. The Hall–Kier alpha value is -2.21. The van der Waals surface area contributed by atoms with E-state index in [9.17, 15) is 14.4 Å². The summed E-state index contributed by atoms with van der Waals surface area (Å²) >= 11 is 0. The summed E-state index contributed by atoms with van der Waals surface area (Å²) in [4.78, 5) is 31.6. The maximum absolute atomic E-state index is 10.1. The van der Waals surface area contributed by atoms with Gasteiger partial charge in [0.15, 0.2) is 0 Å². The quantitative estimate of drug-likeness (QED) is 0.569. The molecule has 0 aromatic heterocycles. The van der Waals surface area contributed by atoms with Crippen LogP contribution in [0, 0.1) is 0 Å². The second kappa shape index (κ2) is 11.6. The minimum atomic E-state index is -1.26. The number of carboxylic acids is 2. The lowest BCUT2D eigenvalue weighted by Crippen LogP contribution is -2.29. The summed E-state index contributed by atoms with van der Waals surface area (Å²) in [6.07, 6.45) is 9.93. The van der Waals surface area contributed by atoms with Gasteiger partial charge >= 0.3 is 11.9 Å². The first kappa shape index (κ1) is 18.8. The molecule has 1 rings (SSSR count). The van der Waals surface area contributed by atoms with Gasteiger partial charge in [-0.05, 0) is 31.0 Å². The van der Waals surface area contributed by atoms with E-state index in [1.165, 1.54) is 18.5 Å². The highest BCUT2D eigenvalue weighted by molar-refractivity contribution is 5.89. The molecule has 0 radical (unpaired) electrons. The smallest absolute Gasteiger partial charge is 0.328 e. The number of hydrogen-bond donors (Lipinski definition) is 2. The van der Waals surface area contributed by atoms with Gasteiger partial charge in [0.05, 0.1) is 0 Å². The Morgan fingerprint density at radius 2 is 1.90 bits per heavy atom. The van der Waals surface area contributed by atoms with E-state index in [1.54, 1.807) is 6.08 Å². The number of carbonyl (C=O) groups excluding carboxylic acids is 1. The molecule has 0 aliphatic carbocycles. The zero-order chi connectivity index (χ0) is 16.1. The molecule has 0 amide bonds. The molecule has 0 atom stereocenters. The maximum atomic E-state index is 10.1. The van der Waals surface area contributed by atoms with Crippen LogP contribution in [0.3, 0.4) is 0 Å². The summed E-state index contributed by atoms with van der Waals surface area (Å²) in [5, 5.41) is 15.6. The molecule has 1 heterocycles. The highest BCUT2D eigenvalue weighted by atomic mass is 16.4. The van der Waals surface area contributed by atoms with Crippen molar-refractivity contribution in [2.45, 2.75) is 19.8 Å². The zero-order valence-electron chi connectivity index (χ0n) is 12.1. The molecule has 6 nitrogen and oxygen atoms in total. The third kappa shape index (κ3) is 11.3. The molecular formula is C15H21NO5. The third-order valence-electron chi connectivity index (χ3n) is 2.63. The van der Waals surface area contributed by atoms with E-state index in [4.69, 9.17) is 10.2 Å². The number of nitrogens with zero attached hydrogens (tertiary/aromatic N) is 1. The number of aldehydes is 1. The molecule has 0 saturated heterocycles. The van der Waals surface area contributed by atoms with Gasteiger partial charge in [0.2, 0.25) is 0 Å².